The van der Waals surface area contributed by atoms with Crippen molar-refractivity contribution in [3.05, 3.63) is 63.2 Å². The van der Waals surface area contributed by atoms with Crippen LogP contribution in [0.4, 0.5) is 0 Å². The van der Waals surface area contributed by atoms with Crippen LogP contribution in [-0.4, -0.2) is 4.89 Å². The molecule has 1 unspecified atom stereocenters. The second-order valence-electron chi connectivity index (χ2n) is 6.95. The zero-order chi connectivity index (χ0) is 17.0. The lowest BCUT2D eigenvalue weighted by Gasteiger charge is -2.27. The lowest BCUT2D eigenvalue weighted by molar-refractivity contribution is 0.271. The molecule has 0 fully saturated rings. The molecule has 0 radical (unpaired) electrons. The highest BCUT2D eigenvalue weighted by molar-refractivity contribution is 7.57. The van der Waals surface area contributed by atoms with Crippen molar-refractivity contribution < 1.29 is 14.0 Å². The van der Waals surface area contributed by atoms with Gasteiger partial charge in [0.1, 0.15) is 5.76 Å². The zero-order valence-corrected chi connectivity index (χ0v) is 15.2. The maximum atomic E-state index is 12.9. The number of hydrogen-bond acceptors (Lipinski definition) is 2. The molecule has 23 heavy (non-hydrogen) atoms. The molecule has 1 N–H and O–H groups in total. The van der Waals surface area contributed by atoms with Crippen LogP contribution in [0.2, 0.25) is 0 Å². The van der Waals surface area contributed by atoms with Gasteiger partial charge in [-0.3, -0.25) is 0 Å². The smallest absolute Gasteiger partial charge is 0.404 e. The van der Waals surface area contributed by atoms with Crippen LogP contribution in [0.3, 0.4) is 0 Å². The molecule has 2 aliphatic carbocycles. The van der Waals surface area contributed by atoms with Crippen molar-refractivity contribution in [1.29, 1.82) is 0 Å². The Balaban J connectivity index is 1.91. The minimum atomic E-state index is -3.87. The lowest BCUT2D eigenvalue weighted by atomic mass is 9.86. The first-order chi connectivity index (χ1) is 10.6. The molecule has 0 saturated carbocycles. The standard InChI is InChI=1S/C19H23O3P/c1-12-13(2)18(19(4,5)14(12)3)22-23(20,21)17-10-15-8-6-7-9-16(15)11-17/h6-10H,11H2,1-5H3,(H,20,21). The van der Waals surface area contributed by atoms with Gasteiger partial charge in [0.05, 0.1) is 5.31 Å². The first-order valence-electron chi connectivity index (χ1n) is 7.85. The zero-order valence-electron chi connectivity index (χ0n) is 14.3. The molecule has 0 aromatic heterocycles. The maximum absolute atomic E-state index is 12.9. The summed E-state index contributed by atoms with van der Waals surface area (Å²) in [5.41, 5.74) is 5.03. The number of benzene rings is 1. The first-order valence-corrected chi connectivity index (χ1v) is 9.43. The Morgan fingerprint density at radius 3 is 2.35 bits per heavy atom. The average Bonchev–Trinajstić information content (AvgIpc) is 2.99. The molecule has 4 heteroatoms. The maximum Gasteiger partial charge on any atom is 0.404 e. The molecule has 122 valence electrons. The summed E-state index contributed by atoms with van der Waals surface area (Å²) in [5, 5.41) is 0.469. The molecule has 0 spiro atoms. The van der Waals surface area contributed by atoms with Crippen molar-refractivity contribution in [2.45, 2.75) is 41.0 Å². The largest absolute Gasteiger partial charge is 0.425 e. The molecule has 0 aliphatic heterocycles. The van der Waals surface area contributed by atoms with Crippen molar-refractivity contribution in [2.75, 3.05) is 0 Å². The van der Waals surface area contributed by atoms with Crippen LogP contribution in [0.15, 0.2) is 52.1 Å². The predicted molar refractivity (Wildman–Crippen MR) is 93.9 cm³/mol. The average molecular weight is 330 g/mol. The lowest BCUT2D eigenvalue weighted by Crippen LogP contribution is -2.15. The summed E-state index contributed by atoms with van der Waals surface area (Å²) >= 11 is 0. The van der Waals surface area contributed by atoms with Crippen molar-refractivity contribution in [3.63, 3.8) is 0 Å². The van der Waals surface area contributed by atoms with Crippen LogP contribution in [0, 0.1) is 5.41 Å². The molecular formula is C19H23O3P. The van der Waals surface area contributed by atoms with E-state index in [9.17, 15) is 9.46 Å². The number of fused-ring (bicyclic) bond motifs is 1. The van der Waals surface area contributed by atoms with Crippen LogP contribution in [0.25, 0.3) is 6.08 Å². The fourth-order valence-electron chi connectivity index (χ4n) is 3.37. The molecular weight excluding hydrogens is 307 g/mol. The van der Waals surface area contributed by atoms with Gasteiger partial charge in [-0.25, -0.2) is 4.57 Å². The third kappa shape index (κ3) is 2.52. The van der Waals surface area contributed by atoms with E-state index in [1.165, 1.54) is 5.57 Å². The normalized spacial score (nSPS) is 22.1. The summed E-state index contributed by atoms with van der Waals surface area (Å²) in [5.74, 6) is 0.621. The quantitative estimate of drug-likeness (QED) is 0.751. The summed E-state index contributed by atoms with van der Waals surface area (Å²) in [6.07, 6.45) is 2.27. The van der Waals surface area contributed by atoms with Crippen LogP contribution < -0.4 is 0 Å². The molecule has 0 saturated heterocycles. The van der Waals surface area contributed by atoms with Gasteiger partial charge in [-0.2, -0.15) is 0 Å². The predicted octanol–water partition coefficient (Wildman–Crippen LogP) is 5.44. The molecule has 3 nitrogen and oxygen atoms in total. The van der Waals surface area contributed by atoms with E-state index in [4.69, 9.17) is 4.52 Å². The molecule has 2 aliphatic rings. The van der Waals surface area contributed by atoms with E-state index >= 15 is 0 Å². The van der Waals surface area contributed by atoms with Crippen LogP contribution >= 0.6 is 7.60 Å². The van der Waals surface area contributed by atoms with Crippen LogP contribution in [-0.2, 0) is 15.5 Å². The summed E-state index contributed by atoms with van der Waals surface area (Å²) in [4.78, 5) is 10.6. The second-order valence-corrected chi connectivity index (χ2v) is 8.75. The minimum absolute atomic E-state index is 0.349. The van der Waals surface area contributed by atoms with Crippen LogP contribution in [0.1, 0.15) is 45.7 Å². The van der Waals surface area contributed by atoms with E-state index in [2.05, 4.69) is 6.92 Å². The third-order valence-electron chi connectivity index (χ3n) is 5.30. The molecule has 3 rings (SSSR count). The van der Waals surface area contributed by atoms with Crippen molar-refractivity contribution in [3.8, 4) is 0 Å². The topological polar surface area (TPSA) is 46.5 Å². The van der Waals surface area contributed by atoms with E-state index in [0.717, 1.165) is 22.3 Å². The Bertz CT molecular complexity index is 825. The van der Waals surface area contributed by atoms with Crippen molar-refractivity contribution in [1.82, 2.24) is 0 Å². The Hall–Kier alpha value is -1.57. The summed E-state index contributed by atoms with van der Waals surface area (Å²) in [7, 11) is -3.87. The molecule has 1 aromatic rings. The SMILES string of the molecule is CC1=C(C)C(C)(C)C(OP(=O)(O)C2=Cc3ccccc3C2)=C1C. The number of rotatable bonds is 3. The fourth-order valence-corrected chi connectivity index (χ4v) is 4.77. The van der Waals surface area contributed by atoms with Gasteiger partial charge >= 0.3 is 7.60 Å². The first kappa shape index (κ1) is 16.3. The van der Waals surface area contributed by atoms with Gasteiger partial charge in [0.2, 0.25) is 0 Å². The molecule has 1 aromatic carbocycles. The minimum Gasteiger partial charge on any atom is -0.425 e. The van der Waals surface area contributed by atoms with Crippen LogP contribution in [0.5, 0.6) is 0 Å². The van der Waals surface area contributed by atoms with E-state index in [1.807, 2.05) is 52.0 Å². The fraction of sp³-hybridized carbons (Fsp3) is 0.368. The van der Waals surface area contributed by atoms with E-state index in [-0.39, 0.29) is 5.41 Å². The Kier molecular flexibility index (Phi) is 3.70. The molecule has 1 atom stereocenters. The van der Waals surface area contributed by atoms with E-state index < -0.39 is 7.60 Å². The Morgan fingerprint density at radius 1 is 1.13 bits per heavy atom. The Labute approximate surface area is 137 Å². The highest BCUT2D eigenvalue weighted by Gasteiger charge is 2.41. The third-order valence-corrected chi connectivity index (χ3v) is 6.74. The summed E-state index contributed by atoms with van der Waals surface area (Å²) in [6.45, 7) is 10.1. The van der Waals surface area contributed by atoms with E-state index in [1.54, 1.807) is 6.08 Å². The second kappa shape index (κ2) is 5.22. The van der Waals surface area contributed by atoms with Crippen molar-refractivity contribution >= 4 is 13.7 Å². The van der Waals surface area contributed by atoms with Gasteiger partial charge in [0.25, 0.3) is 0 Å². The van der Waals surface area contributed by atoms with Gasteiger partial charge in [-0.1, -0.05) is 29.8 Å². The number of allylic oxidation sites excluding steroid dienone is 4. The van der Waals surface area contributed by atoms with Gasteiger partial charge in [-0.15, -0.1) is 0 Å². The van der Waals surface area contributed by atoms with Gasteiger partial charge in [0, 0.05) is 11.8 Å². The molecule has 0 amide bonds. The van der Waals surface area contributed by atoms with Crippen molar-refractivity contribution in [2.24, 2.45) is 5.41 Å². The summed E-state index contributed by atoms with van der Waals surface area (Å²) in [6, 6.07) is 7.83. The highest BCUT2D eigenvalue weighted by Crippen LogP contribution is 2.61. The monoisotopic (exact) mass is 330 g/mol. The van der Waals surface area contributed by atoms with E-state index in [0.29, 0.717) is 17.5 Å². The highest BCUT2D eigenvalue weighted by atomic mass is 31.2. The molecule has 0 bridgehead atoms. The summed E-state index contributed by atoms with van der Waals surface area (Å²) < 4.78 is 18.7. The van der Waals surface area contributed by atoms with Gasteiger partial charge < -0.3 is 9.42 Å². The number of hydrogen-bond donors (Lipinski definition) is 1. The Morgan fingerprint density at radius 2 is 1.78 bits per heavy atom. The van der Waals surface area contributed by atoms with Gasteiger partial charge in [-0.05, 0) is 63.0 Å². The molecule has 0 heterocycles. The van der Waals surface area contributed by atoms with Gasteiger partial charge in [0.15, 0.2) is 0 Å².